The number of carboxylic acids is 1. The number of nitriles is 1. The summed E-state index contributed by atoms with van der Waals surface area (Å²) in [7, 11) is 0. The van der Waals surface area contributed by atoms with Gasteiger partial charge in [-0.25, -0.2) is 4.79 Å². The number of fused-ring (bicyclic) bond motifs is 1. The number of unbranched alkanes of at least 4 members (excludes halogenated alkanes) is 2. The summed E-state index contributed by atoms with van der Waals surface area (Å²) in [5, 5.41) is 18.2. The third-order valence-electron chi connectivity index (χ3n) is 8.15. The normalized spacial score (nSPS) is 22.6. The summed E-state index contributed by atoms with van der Waals surface area (Å²) in [6, 6.07) is 14.5. The van der Waals surface area contributed by atoms with Crippen molar-refractivity contribution in [3.8, 4) is 23.7 Å². The van der Waals surface area contributed by atoms with E-state index in [-0.39, 0.29) is 23.5 Å². The van der Waals surface area contributed by atoms with Crippen LogP contribution in [0.15, 0.2) is 36.4 Å². The maximum Gasteiger partial charge on any atom is 0.329 e. The lowest BCUT2D eigenvalue weighted by molar-refractivity contribution is -0.216. The molecule has 0 aromatic heterocycles. The smallest absolute Gasteiger partial charge is 0.329 e. The lowest BCUT2D eigenvalue weighted by atomic mass is 9.48. The van der Waals surface area contributed by atoms with Crippen molar-refractivity contribution in [2.75, 3.05) is 13.2 Å². The average molecular weight is 549 g/mol. The molecule has 2 aliphatic rings. The molecule has 1 N–H and O–H groups in total. The summed E-state index contributed by atoms with van der Waals surface area (Å²) in [6.07, 6.45) is 2.43. The highest BCUT2D eigenvalue weighted by Crippen LogP contribution is 2.60. The Morgan fingerprint density at radius 1 is 1.15 bits per heavy atom. The molecular formula is C32H37ClN2O4. The summed E-state index contributed by atoms with van der Waals surface area (Å²) in [6.45, 7) is 12.5. The van der Waals surface area contributed by atoms with Crippen LogP contribution in [0.2, 0.25) is 5.02 Å². The Bertz CT molecular complexity index is 1320. The maximum absolute atomic E-state index is 10.5. The van der Waals surface area contributed by atoms with Crippen molar-refractivity contribution < 1.29 is 19.4 Å². The summed E-state index contributed by atoms with van der Waals surface area (Å²) < 4.78 is 11.6. The van der Waals surface area contributed by atoms with Gasteiger partial charge in [-0.05, 0) is 55.2 Å². The molecule has 7 heteroatoms. The van der Waals surface area contributed by atoms with E-state index in [1.807, 2.05) is 6.07 Å². The van der Waals surface area contributed by atoms with Gasteiger partial charge in [-0.3, -0.25) is 4.90 Å². The van der Waals surface area contributed by atoms with Crippen LogP contribution in [-0.2, 0) is 16.1 Å². The van der Waals surface area contributed by atoms with Gasteiger partial charge in [0.15, 0.2) is 0 Å². The number of ether oxygens (including phenoxy) is 2. The number of aliphatic carboxylic acids is 1. The third kappa shape index (κ3) is 5.94. The standard InChI is InChI=1S/C32H37ClN2O4/c1-21-26-14-11-22(10-8-6-7-9-15-38-20-28(36)37)16-24(26)19-35(21)29-31(2,3)30(32(29,4)5)39-25-13-12-23(18-34)27(33)17-25/h11-14,16-17,21,29-30H,6-7,9,15,19-20H2,1-5H3,(H,36,37)/t21?,29-,30-. The molecule has 6 nitrogen and oxygen atoms in total. The highest BCUT2D eigenvalue weighted by atomic mass is 35.5. The van der Waals surface area contributed by atoms with Gasteiger partial charge in [-0.15, -0.1) is 0 Å². The van der Waals surface area contributed by atoms with E-state index in [4.69, 9.17) is 26.2 Å². The number of benzene rings is 2. The van der Waals surface area contributed by atoms with Gasteiger partial charge in [0.25, 0.3) is 0 Å². The molecule has 1 heterocycles. The van der Waals surface area contributed by atoms with Gasteiger partial charge in [-0.1, -0.05) is 57.2 Å². The first-order chi connectivity index (χ1) is 18.5. The van der Waals surface area contributed by atoms with Gasteiger partial charge in [0.1, 0.15) is 24.5 Å². The fourth-order valence-electron chi connectivity index (χ4n) is 6.86. The molecule has 1 aliphatic heterocycles. The van der Waals surface area contributed by atoms with E-state index >= 15 is 0 Å². The van der Waals surface area contributed by atoms with E-state index in [9.17, 15) is 10.1 Å². The van der Waals surface area contributed by atoms with Crippen molar-refractivity contribution in [1.82, 2.24) is 4.90 Å². The highest BCUT2D eigenvalue weighted by molar-refractivity contribution is 6.31. The summed E-state index contributed by atoms with van der Waals surface area (Å²) in [5.41, 5.74) is 3.95. The van der Waals surface area contributed by atoms with Crippen LogP contribution in [-0.4, -0.2) is 41.3 Å². The molecule has 2 aromatic carbocycles. The number of hydrogen-bond donors (Lipinski definition) is 1. The Hall–Kier alpha value is -3.03. The van der Waals surface area contributed by atoms with Crippen molar-refractivity contribution in [2.45, 2.75) is 78.6 Å². The van der Waals surface area contributed by atoms with Crippen LogP contribution in [0.5, 0.6) is 5.75 Å². The minimum Gasteiger partial charge on any atom is -0.489 e. The molecule has 0 amide bonds. The zero-order chi connectivity index (χ0) is 28.4. The molecule has 206 valence electrons. The minimum atomic E-state index is -0.940. The lowest BCUT2D eigenvalue weighted by Crippen LogP contribution is -2.74. The molecule has 1 aliphatic carbocycles. The van der Waals surface area contributed by atoms with Crippen LogP contribution in [0.1, 0.15) is 82.2 Å². The topological polar surface area (TPSA) is 82.8 Å². The quantitative estimate of drug-likeness (QED) is 0.281. The fourth-order valence-corrected chi connectivity index (χ4v) is 7.07. The molecule has 2 aromatic rings. The van der Waals surface area contributed by atoms with Crippen LogP contribution < -0.4 is 4.74 Å². The third-order valence-corrected chi connectivity index (χ3v) is 8.46. The van der Waals surface area contributed by atoms with Crippen LogP contribution in [0, 0.1) is 34.0 Å². The second kappa shape index (κ2) is 11.6. The minimum absolute atomic E-state index is 0.00845. The van der Waals surface area contributed by atoms with Crippen LogP contribution >= 0.6 is 11.6 Å². The Labute approximate surface area is 236 Å². The van der Waals surface area contributed by atoms with E-state index in [0.29, 0.717) is 35.0 Å². The largest absolute Gasteiger partial charge is 0.489 e. The van der Waals surface area contributed by atoms with Gasteiger partial charge in [0, 0.05) is 54.1 Å². The zero-order valence-electron chi connectivity index (χ0n) is 23.4. The number of carboxylic acid groups (broad SMARTS) is 1. The average Bonchev–Trinajstić information content (AvgIpc) is 3.18. The first-order valence-electron chi connectivity index (χ1n) is 13.5. The summed E-state index contributed by atoms with van der Waals surface area (Å²) >= 11 is 6.26. The van der Waals surface area contributed by atoms with E-state index in [2.05, 4.69) is 75.6 Å². The predicted octanol–water partition coefficient (Wildman–Crippen LogP) is 6.59. The zero-order valence-corrected chi connectivity index (χ0v) is 24.1. The monoisotopic (exact) mass is 548 g/mol. The van der Waals surface area contributed by atoms with Gasteiger partial charge in [-0.2, -0.15) is 5.26 Å². The fraction of sp³-hybridized carbons (Fsp3) is 0.500. The van der Waals surface area contributed by atoms with Crippen molar-refractivity contribution in [3.05, 3.63) is 63.7 Å². The second-order valence-electron chi connectivity index (χ2n) is 11.8. The van der Waals surface area contributed by atoms with Crippen LogP contribution in [0.25, 0.3) is 0 Å². The molecule has 1 saturated carbocycles. The molecule has 1 atom stereocenters. The van der Waals surface area contributed by atoms with Gasteiger partial charge < -0.3 is 14.6 Å². The summed E-state index contributed by atoms with van der Waals surface area (Å²) in [4.78, 5) is 13.1. The van der Waals surface area contributed by atoms with E-state index < -0.39 is 5.97 Å². The van der Waals surface area contributed by atoms with Gasteiger partial charge in [0.05, 0.1) is 10.6 Å². The van der Waals surface area contributed by atoms with Gasteiger partial charge >= 0.3 is 5.97 Å². The van der Waals surface area contributed by atoms with Crippen molar-refractivity contribution in [2.24, 2.45) is 10.8 Å². The van der Waals surface area contributed by atoms with E-state index in [0.717, 1.165) is 31.4 Å². The number of nitrogens with zero attached hydrogens (tertiary/aromatic N) is 2. The molecule has 0 spiro atoms. The van der Waals surface area contributed by atoms with Gasteiger partial charge in [0.2, 0.25) is 0 Å². The van der Waals surface area contributed by atoms with Crippen molar-refractivity contribution in [1.29, 1.82) is 5.26 Å². The SMILES string of the molecule is CC1c2ccc(C#CCCCCOCC(=O)O)cc2CN1[C@H]1C(C)(C)[C@H](Oc2ccc(C#N)c(Cl)c2)C1(C)C. The molecular weight excluding hydrogens is 512 g/mol. The second-order valence-corrected chi connectivity index (χ2v) is 12.2. The number of rotatable bonds is 9. The van der Waals surface area contributed by atoms with E-state index in [1.165, 1.54) is 11.1 Å². The molecule has 1 unspecified atom stereocenters. The maximum atomic E-state index is 10.5. The van der Waals surface area contributed by atoms with Crippen molar-refractivity contribution in [3.63, 3.8) is 0 Å². The summed E-state index contributed by atoms with van der Waals surface area (Å²) in [5.74, 6) is 6.30. The van der Waals surface area contributed by atoms with E-state index in [1.54, 1.807) is 12.1 Å². The Morgan fingerprint density at radius 3 is 2.56 bits per heavy atom. The molecule has 0 bridgehead atoms. The molecule has 39 heavy (non-hydrogen) atoms. The Kier molecular flexibility index (Phi) is 8.62. The molecule has 0 radical (unpaired) electrons. The highest BCUT2D eigenvalue weighted by Gasteiger charge is 2.66. The molecule has 0 saturated heterocycles. The Balaban J connectivity index is 1.39. The number of halogens is 1. The van der Waals surface area contributed by atoms with Crippen LogP contribution in [0.3, 0.4) is 0 Å². The first-order valence-corrected chi connectivity index (χ1v) is 13.9. The predicted molar refractivity (Wildman–Crippen MR) is 152 cm³/mol. The van der Waals surface area contributed by atoms with Crippen LogP contribution in [0.4, 0.5) is 0 Å². The molecule has 1 fully saturated rings. The van der Waals surface area contributed by atoms with Crippen molar-refractivity contribution >= 4 is 17.6 Å². The Morgan fingerprint density at radius 2 is 1.90 bits per heavy atom. The number of carbonyl (C=O) groups is 1. The number of hydrogen-bond acceptors (Lipinski definition) is 5. The lowest BCUT2D eigenvalue weighted by Gasteiger charge is -2.66. The first kappa shape index (κ1) is 29.0. The molecule has 4 rings (SSSR count).